The highest BCUT2D eigenvalue weighted by atomic mass is 35.5. The van der Waals surface area contributed by atoms with Crippen molar-refractivity contribution in [1.29, 1.82) is 0 Å². The van der Waals surface area contributed by atoms with Gasteiger partial charge < -0.3 is 16.0 Å². The topological polar surface area (TPSA) is 95.7 Å². The monoisotopic (exact) mass is 392 g/mol. The van der Waals surface area contributed by atoms with Crippen molar-refractivity contribution >= 4 is 30.3 Å². The standard InChI is InChI=1S/C19H24N4O3.ClH/c20-15-11-22(10-14(15)13-6-2-1-3-7-13)16(24)12-23-17(25)19(21-18(23)26)8-4-5-9-19;/h1-3,6-7,14-15H,4-5,8-12,20H2,(H,21,26);1H/t14-,15+;/m0./s1. The Kier molecular flexibility index (Phi) is 5.44. The number of hydrogen-bond donors (Lipinski definition) is 2. The molecule has 2 heterocycles. The van der Waals surface area contributed by atoms with E-state index in [0.717, 1.165) is 23.3 Å². The molecule has 2 atom stereocenters. The van der Waals surface area contributed by atoms with Crippen molar-refractivity contribution in [3.8, 4) is 0 Å². The molecule has 2 aliphatic heterocycles. The van der Waals surface area contributed by atoms with E-state index < -0.39 is 11.6 Å². The first-order valence-corrected chi connectivity index (χ1v) is 9.23. The van der Waals surface area contributed by atoms with Crippen LogP contribution in [0.5, 0.6) is 0 Å². The van der Waals surface area contributed by atoms with Crippen molar-refractivity contribution in [3.63, 3.8) is 0 Å². The molecule has 2 saturated heterocycles. The minimum absolute atomic E-state index is 0. The lowest BCUT2D eigenvalue weighted by Gasteiger charge is -2.22. The number of nitrogens with zero attached hydrogens (tertiary/aromatic N) is 2. The normalized spacial score (nSPS) is 26.4. The van der Waals surface area contributed by atoms with Gasteiger partial charge in [0.25, 0.3) is 5.91 Å². The number of likely N-dealkylation sites (tertiary alicyclic amines) is 1. The van der Waals surface area contributed by atoms with Crippen LogP contribution in [0.15, 0.2) is 30.3 Å². The zero-order valence-electron chi connectivity index (χ0n) is 15.1. The number of carbonyl (C=O) groups excluding carboxylic acids is 3. The van der Waals surface area contributed by atoms with Gasteiger partial charge in [-0.2, -0.15) is 0 Å². The number of carbonyl (C=O) groups is 3. The molecule has 1 aliphatic carbocycles. The number of nitrogens with two attached hydrogens (primary N) is 1. The van der Waals surface area contributed by atoms with Crippen molar-refractivity contribution in [1.82, 2.24) is 15.1 Å². The van der Waals surface area contributed by atoms with Gasteiger partial charge in [-0.25, -0.2) is 4.79 Å². The smallest absolute Gasteiger partial charge is 0.325 e. The highest BCUT2D eigenvalue weighted by Gasteiger charge is 2.53. The Morgan fingerprint density at radius 3 is 2.48 bits per heavy atom. The molecule has 8 heteroatoms. The third kappa shape index (κ3) is 3.41. The molecule has 0 unspecified atom stereocenters. The Morgan fingerprint density at radius 1 is 1.15 bits per heavy atom. The van der Waals surface area contributed by atoms with Crippen molar-refractivity contribution in [2.45, 2.75) is 43.2 Å². The highest BCUT2D eigenvalue weighted by Crippen LogP contribution is 2.35. The van der Waals surface area contributed by atoms with Crippen LogP contribution in [0.2, 0.25) is 0 Å². The van der Waals surface area contributed by atoms with Crippen LogP contribution >= 0.6 is 12.4 Å². The Morgan fingerprint density at radius 2 is 1.81 bits per heavy atom. The molecule has 7 nitrogen and oxygen atoms in total. The van der Waals surface area contributed by atoms with E-state index in [9.17, 15) is 14.4 Å². The van der Waals surface area contributed by atoms with Gasteiger partial charge in [0, 0.05) is 25.0 Å². The Balaban J connectivity index is 0.00000210. The number of imide groups is 1. The second kappa shape index (κ2) is 7.48. The minimum Gasteiger partial charge on any atom is -0.339 e. The summed E-state index contributed by atoms with van der Waals surface area (Å²) in [5.74, 6) is -0.404. The first kappa shape index (κ1) is 19.6. The van der Waals surface area contributed by atoms with Crippen LogP contribution in [0.25, 0.3) is 0 Å². The first-order valence-electron chi connectivity index (χ1n) is 9.23. The highest BCUT2D eigenvalue weighted by molar-refractivity contribution is 6.09. The Bertz CT molecular complexity index is 736. The number of amides is 4. The molecule has 3 N–H and O–H groups in total. The number of urea groups is 1. The maximum Gasteiger partial charge on any atom is 0.325 e. The van der Waals surface area contributed by atoms with E-state index in [0.29, 0.717) is 25.9 Å². The predicted octanol–water partition coefficient (Wildman–Crippen LogP) is 1.23. The summed E-state index contributed by atoms with van der Waals surface area (Å²) in [6, 6.07) is 9.30. The molecule has 146 valence electrons. The molecule has 0 bridgehead atoms. The van der Waals surface area contributed by atoms with Gasteiger partial charge in [-0.15, -0.1) is 12.4 Å². The van der Waals surface area contributed by atoms with Crippen LogP contribution in [0.1, 0.15) is 37.2 Å². The lowest BCUT2D eigenvalue weighted by atomic mass is 9.95. The van der Waals surface area contributed by atoms with E-state index in [1.165, 1.54) is 0 Å². The number of hydrogen-bond acceptors (Lipinski definition) is 4. The van der Waals surface area contributed by atoms with Gasteiger partial charge in [0.05, 0.1) is 0 Å². The largest absolute Gasteiger partial charge is 0.339 e. The van der Waals surface area contributed by atoms with Crippen molar-refractivity contribution in [2.24, 2.45) is 5.73 Å². The van der Waals surface area contributed by atoms with Gasteiger partial charge in [-0.3, -0.25) is 14.5 Å². The fourth-order valence-corrected chi connectivity index (χ4v) is 4.46. The average molecular weight is 393 g/mol. The summed E-state index contributed by atoms with van der Waals surface area (Å²) in [5, 5.41) is 2.81. The quantitative estimate of drug-likeness (QED) is 0.756. The molecule has 1 saturated carbocycles. The second-order valence-electron chi connectivity index (χ2n) is 7.59. The van der Waals surface area contributed by atoms with E-state index in [2.05, 4.69) is 5.32 Å². The number of halogens is 1. The van der Waals surface area contributed by atoms with Gasteiger partial charge in [-0.05, 0) is 18.4 Å². The first-order chi connectivity index (χ1) is 12.5. The Labute approximate surface area is 164 Å². The van der Waals surface area contributed by atoms with Crippen molar-refractivity contribution < 1.29 is 14.4 Å². The maximum atomic E-state index is 12.7. The molecule has 1 aromatic carbocycles. The van der Waals surface area contributed by atoms with Crippen LogP contribution in [0.4, 0.5) is 4.79 Å². The molecule has 0 radical (unpaired) electrons. The van der Waals surface area contributed by atoms with Gasteiger partial charge >= 0.3 is 6.03 Å². The molecular formula is C19H25ClN4O3. The van der Waals surface area contributed by atoms with Crippen molar-refractivity contribution in [3.05, 3.63) is 35.9 Å². The summed E-state index contributed by atoms with van der Waals surface area (Å²) in [6.45, 7) is 0.743. The molecule has 0 aromatic heterocycles. The zero-order chi connectivity index (χ0) is 18.3. The lowest BCUT2D eigenvalue weighted by Crippen LogP contribution is -2.46. The lowest BCUT2D eigenvalue weighted by molar-refractivity contribution is -0.138. The number of rotatable bonds is 3. The van der Waals surface area contributed by atoms with E-state index in [4.69, 9.17) is 5.73 Å². The summed E-state index contributed by atoms with van der Waals surface area (Å²) in [4.78, 5) is 40.4. The van der Waals surface area contributed by atoms with Crippen LogP contribution < -0.4 is 11.1 Å². The van der Waals surface area contributed by atoms with Crippen LogP contribution in [0, 0.1) is 0 Å². The van der Waals surface area contributed by atoms with Crippen LogP contribution in [-0.4, -0.2) is 58.9 Å². The van der Waals surface area contributed by atoms with Crippen LogP contribution in [-0.2, 0) is 9.59 Å². The summed E-state index contributed by atoms with van der Waals surface area (Å²) >= 11 is 0. The Hall–Kier alpha value is -2.12. The van der Waals surface area contributed by atoms with Gasteiger partial charge in [0.2, 0.25) is 5.91 Å². The van der Waals surface area contributed by atoms with Gasteiger partial charge in [-0.1, -0.05) is 43.2 Å². The molecule has 4 rings (SSSR count). The van der Waals surface area contributed by atoms with Gasteiger partial charge in [0.1, 0.15) is 12.1 Å². The third-order valence-corrected chi connectivity index (χ3v) is 5.94. The molecule has 1 spiro atoms. The number of benzene rings is 1. The third-order valence-electron chi connectivity index (χ3n) is 5.94. The summed E-state index contributed by atoms with van der Waals surface area (Å²) in [7, 11) is 0. The molecule has 3 fully saturated rings. The number of nitrogens with one attached hydrogen (secondary N) is 1. The van der Waals surface area contributed by atoms with E-state index in [1.807, 2.05) is 30.3 Å². The SMILES string of the molecule is Cl.N[C@@H]1CN(C(=O)CN2C(=O)NC3(CCCC3)C2=O)C[C@H]1c1ccccc1. The predicted molar refractivity (Wildman–Crippen MR) is 102 cm³/mol. The van der Waals surface area contributed by atoms with E-state index in [1.54, 1.807) is 4.90 Å². The van der Waals surface area contributed by atoms with Crippen molar-refractivity contribution in [2.75, 3.05) is 19.6 Å². The zero-order valence-corrected chi connectivity index (χ0v) is 15.9. The molecule has 4 amide bonds. The minimum atomic E-state index is -0.772. The summed E-state index contributed by atoms with van der Waals surface area (Å²) < 4.78 is 0. The fraction of sp³-hybridized carbons (Fsp3) is 0.526. The molecule has 1 aromatic rings. The van der Waals surface area contributed by atoms with Crippen LogP contribution in [0.3, 0.4) is 0 Å². The second-order valence-corrected chi connectivity index (χ2v) is 7.59. The van der Waals surface area contributed by atoms with E-state index in [-0.39, 0.29) is 42.7 Å². The molecule has 27 heavy (non-hydrogen) atoms. The molecular weight excluding hydrogens is 368 g/mol. The van der Waals surface area contributed by atoms with Gasteiger partial charge in [0.15, 0.2) is 0 Å². The maximum absolute atomic E-state index is 12.7. The summed E-state index contributed by atoms with van der Waals surface area (Å²) in [6.07, 6.45) is 3.17. The molecule has 3 aliphatic rings. The average Bonchev–Trinajstić information content (AvgIpc) is 3.32. The fourth-order valence-electron chi connectivity index (χ4n) is 4.46. The van der Waals surface area contributed by atoms with E-state index >= 15 is 0 Å². The summed E-state index contributed by atoms with van der Waals surface area (Å²) in [5.41, 5.74) is 6.58.